The molecular formula is C18H18F3NO3S. The minimum atomic E-state index is -4.66. The van der Waals surface area contributed by atoms with Gasteiger partial charge in [-0.3, -0.25) is 4.79 Å². The molecule has 0 saturated heterocycles. The van der Waals surface area contributed by atoms with E-state index >= 15 is 0 Å². The summed E-state index contributed by atoms with van der Waals surface area (Å²) in [5.74, 6) is -2.54. The Labute approximate surface area is 150 Å². The molecular weight excluding hydrogens is 367 g/mol. The van der Waals surface area contributed by atoms with Gasteiger partial charge >= 0.3 is 6.18 Å². The van der Waals surface area contributed by atoms with Gasteiger partial charge < -0.3 is 5.32 Å². The molecule has 1 N–H and O–H groups in total. The molecule has 0 aromatic heterocycles. The van der Waals surface area contributed by atoms with E-state index in [1.54, 1.807) is 24.3 Å². The van der Waals surface area contributed by atoms with Gasteiger partial charge in [0.2, 0.25) is 5.91 Å². The smallest absolute Gasteiger partial charge is 0.325 e. The first-order valence-electron chi connectivity index (χ1n) is 7.85. The molecule has 0 heterocycles. The van der Waals surface area contributed by atoms with Gasteiger partial charge in [0.05, 0.1) is 11.3 Å². The van der Waals surface area contributed by atoms with Crippen molar-refractivity contribution in [3.63, 3.8) is 0 Å². The summed E-state index contributed by atoms with van der Waals surface area (Å²) in [5, 5.41) is 2.44. The third kappa shape index (κ3) is 5.59. The number of alkyl halides is 3. The lowest BCUT2D eigenvalue weighted by molar-refractivity contribution is -0.138. The minimum Gasteiger partial charge on any atom is -0.325 e. The van der Waals surface area contributed by atoms with E-state index in [1.807, 2.05) is 6.92 Å². The van der Waals surface area contributed by atoms with Crippen LogP contribution >= 0.6 is 0 Å². The molecule has 0 unspecified atom stereocenters. The van der Waals surface area contributed by atoms with Crippen molar-refractivity contribution in [1.82, 2.24) is 0 Å². The van der Waals surface area contributed by atoms with Crippen LogP contribution in [0.15, 0.2) is 48.5 Å². The van der Waals surface area contributed by atoms with Crippen molar-refractivity contribution in [2.75, 3.05) is 11.1 Å². The van der Waals surface area contributed by atoms with E-state index in [4.69, 9.17) is 0 Å². The summed E-state index contributed by atoms with van der Waals surface area (Å²) in [6.07, 6.45) is -3.84. The Morgan fingerprint density at radius 1 is 1.04 bits per heavy atom. The van der Waals surface area contributed by atoms with Gasteiger partial charge in [-0.15, -0.1) is 0 Å². The summed E-state index contributed by atoms with van der Waals surface area (Å²) < 4.78 is 63.2. The number of nitrogens with one attached hydrogen (secondary N) is 1. The maximum Gasteiger partial charge on any atom is 0.416 e. The molecule has 2 aromatic rings. The second-order valence-corrected chi connectivity index (χ2v) is 7.85. The molecule has 2 aromatic carbocycles. The largest absolute Gasteiger partial charge is 0.416 e. The van der Waals surface area contributed by atoms with Crippen molar-refractivity contribution in [3.8, 4) is 0 Å². The average molecular weight is 385 g/mol. The molecule has 2 rings (SSSR count). The fraction of sp³-hybridized carbons (Fsp3) is 0.278. The molecule has 0 aliphatic rings. The summed E-state index contributed by atoms with van der Waals surface area (Å²) in [7, 11) is -4.06. The first-order valence-corrected chi connectivity index (χ1v) is 9.67. The van der Waals surface area contributed by atoms with Crippen molar-refractivity contribution < 1.29 is 26.4 Å². The van der Waals surface area contributed by atoms with Crippen LogP contribution < -0.4 is 5.32 Å². The predicted octanol–water partition coefficient (Wildman–Crippen LogP) is 3.82. The highest BCUT2D eigenvalue weighted by Crippen LogP contribution is 2.32. The molecule has 0 atom stereocenters. The van der Waals surface area contributed by atoms with Crippen LogP contribution in [0, 0.1) is 0 Å². The van der Waals surface area contributed by atoms with Crippen LogP contribution in [0.2, 0.25) is 0 Å². The highest BCUT2D eigenvalue weighted by molar-refractivity contribution is 7.91. The van der Waals surface area contributed by atoms with Crippen molar-refractivity contribution in [2.24, 2.45) is 0 Å². The number of aryl methyl sites for hydroxylation is 1. The Bertz CT molecular complexity index is 875. The highest BCUT2D eigenvalue weighted by Gasteiger charge is 2.34. The Balaban J connectivity index is 2.08. The second-order valence-electron chi connectivity index (χ2n) is 5.79. The number of carbonyl (C=O) groups is 1. The van der Waals surface area contributed by atoms with Crippen LogP contribution in [0.1, 0.15) is 23.6 Å². The van der Waals surface area contributed by atoms with Gasteiger partial charge in [-0.2, -0.15) is 13.2 Å². The third-order valence-corrected chi connectivity index (χ3v) is 5.15. The summed E-state index contributed by atoms with van der Waals surface area (Å²) in [6.45, 7) is 1.97. The lowest BCUT2D eigenvalue weighted by Crippen LogP contribution is -2.24. The van der Waals surface area contributed by atoms with Crippen LogP contribution in [0.25, 0.3) is 0 Å². The molecule has 0 spiro atoms. The topological polar surface area (TPSA) is 63.2 Å². The van der Waals surface area contributed by atoms with E-state index < -0.39 is 39.0 Å². The number of hydrogen-bond donors (Lipinski definition) is 1. The first kappa shape index (κ1) is 20.0. The molecule has 0 aliphatic heterocycles. The quantitative estimate of drug-likeness (QED) is 0.822. The number of carbonyl (C=O) groups excluding carboxylic acids is 1. The molecule has 0 saturated carbocycles. The molecule has 0 aliphatic carbocycles. The van der Waals surface area contributed by atoms with Gasteiger partial charge in [0, 0.05) is 5.69 Å². The lowest BCUT2D eigenvalue weighted by atomic mass is 10.1. The Hall–Kier alpha value is -2.35. The van der Waals surface area contributed by atoms with Gasteiger partial charge in [0.1, 0.15) is 5.75 Å². The summed E-state index contributed by atoms with van der Waals surface area (Å²) in [4.78, 5) is 11.9. The van der Waals surface area contributed by atoms with Gasteiger partial charge in [-0.25, -0.2) is 8.42 Å². The number of benzene rings is 2. The molecule has 0 fully saturated rings. The predicted molar refractivity (Wildman–Crippen MR) is 93.4 cm³/mol. The van der Waals surface area contributed by atoms with Crippen LogP contribution in [-0.2, 0) is 33.0 Å². The third-order valence-electron chi connectivity index (χ3n) is 3.70. The number of amides is 1. The molecule has 0 radical (unpaired) electrons. The molecule has 1 amide bonds. The number of rotatable bonds is 6. The number of hydrogen-bond acceptors (Lipinski definition) is 3. The number of halogens is 3. The van der Waals surface area contributed by atoms with Crippen molar-refractivity contribution >= 4 is 21.4 Å². The zero-order valence-electron chi connectivity index (χ0n) is 14.0. The van der Waals surface area contributed by atoms with E-state index in [-0.39, 0.29) is 5.56 Å². The fourth-order valence-electron chi connectivity index (χ4n) is 2.43. The van der Waals surface area contributed by atoms with E-state index in [0.717, 1.165) is 24.1 Å². The summed E-state index contributed by atoms with van der Waals surface area (Å²) in [5.41, 5.74) is 0.0942. The van der Waals surface area contributed by atoms with E-state index in [1.165, 1.54) is 12.1 Å². The minimum absolute atomic E-state index is 0.375. The number of sulfone groups is 1. The molecule has 0 bridgehead atoms. The van der Waals surface area contributed by atoms with E-state index in [0.29, 0.717) is 5.69 Å². The van der Waals surface area contributed by atoms with E-state index in [2.05, 4.69) is 5.32 Å². The first-order chi connectivity index (χ1) is 12.1. The maximum absolute atomic E-state index is 13.0. The van der Waals surface area contributed by atoms with Gasteiger partial charge in [0.25, 0.3) is 0 Å². The van der Waals surface area contributed by atoms with Crippen molar-refractivity contribution in [1.29, 1.82) is 0 Å². The Kier molecular flexibility index (Phi) is 6.07. The SMILES string of the molecule is CCc1ccc(NC(=O)CS(=O)(=O)Cc2ccccc2C(F)(F)F)cc1. The molecule has 8 heteroatoms. The Morgan fingerprint density at radius 3 is 2.23 bits per heavy atom. The second kappa shape index (κ2) is 7.90. The average Bonchev–Trinajstić information content (AvgIpc) is 2.54. The van der Waals surface area contributed by atoms with Crippen LogP contribution in [0.5, 0.6) is 0 Å². The van der Waals surface area contributed by atoms with E-state index in [9.17, 15) is 26.4 Å². The van der Waals surface area contributed by atoms with Crippen LogP contribution in [0.4, 0.5) is 18.9 Å². The Morgan fingerprint density at radius 2 is 1.65 bits per heavy atom. The monoisotopic (exact) mass is 385 g/mol. The fourth-order valence-corrected chi connectivity index (χ4v) is 3.73. The molecule has 26 heavy (non-hydrogen) atoms. The standard InChI is InChI=1S/C18H18F3NO3S/c1-2-13-7-9-15(10-8-13)22-17(23)12-26(24,25)11-14-5-3-4-6-16(14)18(19,20)21/h3-10H,2,11-12H2,1H3,(H,22,23). The van der Waals surface area contributed by atoms with Gasteiger partial charge in [-0.05, 0) is 35.7 Å². The number of anilines is 1. The zero-order valence-corrected chi connectivity index (χ0v) is 14.8. The van der Waals surface area contributed by atoms with Crippen LogP contribution in [-0.4, -0.2) is 20.1 Å². The zero-order chi connectivity index (χ0) is 19.4. The summed E-state index contributed by atoms with van der Waals surface area (Å²) >= 11 is 0. The van der Waals surface area contributed by atoms with Crippen LogP contribution in [0.3, 0.4) is 0 Å². The van der Waals surface area contributed by atoms with Gasteiger partial charge in [-0.1, -0.05) is 37.3 Å². The lowest BCUT2D eigenvalue weighted by Gasteiger charge is -2.13. The molecule has 4 nitrogen and oxygen atoms in total. The highest BCUT2D eigenvalue weighted by atomic mass is 32.2. The van der Waals surface area contributed by atoms with Crippen molar-refractivity contribution in [2.45, 2.75) is 25.3 Å². The van der Waals surface area contributed by atoms with Gasteiger partial charge in [0.15, 0.2) is 9.84 Å². The maximum atomic E-state index is 13.0. The normalized spacial score (nSPS) is 12.0. The summed E-state index contributed by atoms with van der Waals surface area (Å²) in [6, 6.07) is 11.3. The molecule has 140 valence electrons. The van der Waals surface area contributed by atoms with Crippen molar-refractivity contribution in [3.05, 3.63) is 65.2 Å².